The predicted molar refractivity (Wildman–Crippen MR) is 62.9 cm³/mol. The van der Waals surface area contributed by atoms with Crippen LogP contribution in [-0.4, -0.2) is 26.1 Å². The summed E-state index contributed by atoms with van der Waals surface area (Å²) in [4.78, 5) is 11.2. The lowest BCUT2D eigenvalue weighted by Crippen LogP contribution is -2.25. The van der Waals surface area contributed by atoms with Gasteiger partial charge in [-0.05, 0) is 19.2 Å². The summed E-state index contributed by atoms with van der Waals surface area (Å²) in [5, 5.41) is 5.20. The van der Waals surface area contributed by atoms with Crippen molar-refractivity contribution in [1.82, 2.24) is 5.32 Å². The molecule has 0 aliphatic heterocycles. The lowest BCUT2D eigenvalue weighted by atomic mass is 10.3. The van der Waals surface area contributed by atoms with E-state index in [1.807, 2.05) is 0 Å². The molecule has 1 amide bonds. The number of hydrogen-bond donors (Lipinski definition) is 2. The number of nitrogens with one attached hydrogen (secondary N) is 2. The second kappa shape index (κ2) is 7.81. The fraction of sp³-hybridized carbons (Fsp3) is 0.300. The van der Waals surface area contributed by atoms with E-state index in [1.54, 1.807) is 13.1 Å². The van der Waals surface area contributed by atoms with Gasteiger partial charge in [-0.3, -0.25) is 4.79 Å². The highest BCUT2D eigenvalue weighted by atomic mass is 35.5. The molecule has 0 atom stereocenters. The summed E-state index contributed by atoms with van der Waals surface area (Å²) >= 11 is 0. The summed E-state index contributed by atoms with van der Waals surface area (Å²) in [7, 11) is 1.63. The molecule has 0 aromatic heterocycles. The Balaban J connectivity index is 0.00000256. The van der Waals surface area contributed by atoms with E-state index in [2.05, 4.69) is 15.4 Å². The third-order valence-electron chi connectivity index (χ3n) is 1.68. The average Bonchev–Trinajstić information content (AvgIpc) is 2.17. The van der Waals surface area contributed by atoms with Crippen LogP contribution in [0.4, 0.5) is 14.5 Å². The first kappa shape index (κ1) is 15.6. The zero-order valence-corrected chi connectivity index (χ0v) is 9.89. The van der Waals surface area contributed by atoms with Gasteiger partial charge in [-0.15, -0.1) is 12.4 Å². The van der Waals surface area contributed by atoms with Crippen molar-refractivity contribution in [2.75, 3.05) is 18.9 Å². The Kier molecular flexibility index (Phi) is 7.16. The largest absolute Gasteiger partial charge is 0.435 e. The quantitative estimate of drug-likeness (QED) is 0.855. The normalized spacial score (nSPS) is 9.65. The number of rotatable bonds is 5. The Labute approximate surface area is 104 Å². The number of anilines is 1. The summed E-state index contributed by atoms with van der Waals surface area (Å²) in [6.45, 7) is -2.72. The van der Waals surface area contributed by atoms with Crippen LogP contribution in [0, 0.1) is 0 Å². The summed E-state index contributed by atoms with van der Waals surface area (Å²) < 4.78 is 28.0. The van der Waals surface area contributed by atoms with Crippen molar-refractivity contribution in [1.29, 1.82) is 0 Å². The maximum atomic E-state index is 11.9. The molecule has 0 unspecified atom stereocenters. The first-order valence-corrected chi connectivity index (χ1v) is 4.61. The van der Waals surface area contributed by atoms with Crippen molar-refractivity contribution in [3.8, 4) is 5.75 Å². The molecule has 7 heteroatoms. The second-order valence-electron chi connectivity index (χ2n) is 2.98. The molecule has 17 heavy (non-hydrogen) atoms. The third kappa shape index (κ3) is 6.03. The van der Waals surface area contributed by atoms with Gasteiger partial charge in [0.1, 0.15) is 5.75 Å². The maximum Gasteiger partial charge on any atom is 0.387 e. The van der Waals surface area contributed by atoms with E-state index in [1.165, 1.54) is 18.2 Å². The number of carbonyl (C=O) groups is 1. The first-order valence-electron chi connectivity index (χ1n) is 4.61. The number of ether oxygens (including phenoxy) is 1. The van der Waals surface area contributed by atoms with E-state index < -0.39 is 6.61 Å². The van der Waals surface area contributed by atoms with Gasteiger partial charge in [0.2, 0.25) is 5.91 Å². The highest BCUT2D eigenvalue weighted by Crippen LogP contribution is 2.18. The number of likely N-dealkylation sites (N-methyl/N-ethyl adjacent to an activating group) is 1. The molecular weight excluding hydrogens is 254 g/mol. The van der Waals surface area contributed by atoms with Gasteiger partial charge in [0, 0.05) is 11.8 Å². The van der Waals surface area contributed by atoms with Gasteiger partial charge in [0.05, 0.1) is 6.54 Å². The molecule has 0 spiro atoms. The number of carbonyl (C=O) groups excluding carboxylic acids is 1. The molecule has 0 heterocycles. The van der Waals surface area contributed by atoms with Crippen LogP contribution in [0.2, 0.25) is 0 Å². The molecule has 0 aliphatic carbocycles. The zero-order valence-electron chi connectivity index (χ0n) is 9.07. The Bertz CT molecular complexity index is 364. The molecule has 1 aromatic rings. The van der Waals surface area contributed by atoms with Crippen LogP contribution in [0.3, 0.4) is 0 Å². The van der Waals surface area contributed by atoms with Crippen LogP contribution in [0.1, 0.15) is 0 Å². The average molecular weight is 267 g/mol. The van der Waals surface area contributed by atoms with E-state index >= 15 is 0 Å². The van der Waals surface area contributed by atoms with E-state index in [9.17, 15) is 13.6 Å². The third-order valence-corrected chi connectivity index (χ3v) is 1.68. The number of alkyl halides is 2. The van der Waals surface area contributed by atoms with Crippen molar-refractivity contribution >= 4 is 24.0 Å². The lowest BCUT2D eigenvalue weighted by molar-refractivity contribution is -0.115. The maximum absolute atomic E-state index is 11.9. The highest BCUT2D eigenvalue weighted by Gasteiger charge is 2.05. The minimum atomic E-state index is -2.87. The smallest absolute Gasteiger partial charge is 0.387 e. The van der Waals surface area contributed by atoms with E-state index in [4.69, 9.17) is 0 Å². The van der Waals surface area contributed by atoms with Gasteiger partial charge in [0.25, 0.3) is 0 Å². The van der Waals surface area contributed by atoms with E-state index in [0.29, 0.717) is 5.69 Å². The number of amides is 1. The minimum Gasteiger partial charge on any atom is -0.435 e. The van der Waals surface area contributed by atoms with Gasteiger partial charge in [-0.1, -0.05) is 6.07 Å². The van der Waals surface area contributed by atoms with Crippen LogP contribution in [0.5, 0.6) is 5.75 Å². The van der Waals surface area contributed by atoms with Crippen LogP contribution >= 0.6 is 12.4 Å². The molecule has 0 radical (unpaired) electrons. The molecular formula is C10H13ClF2N2O2. The van der Waals surface area contributed by atoms with Gasteiger partial charge in [0.15, 0.2) is 0 Å². The molecule has 0 saturated carbocycles. The van der Waals surface area contributed by atoms with Crippen molar-refractivity contribution in [2.45, 2.75) is 6.61 Å². The topological polar surface area (TPSA) is 50.4 Å². The van der Waals surface area contributed by atoms with Crippen molar-refractivity contribution < 1.29 is 18.3 Å². The van der Waals surface area contributed by atoms with Gasteiger partial charge in [-0.25, -0.2) is 0 Å². The molecule has 0 saturated heterocycles. The fourth-order valence-corrected chi connectivity index (χ4v) is 1.12. The second-order valence-corrected chi connectivity index (χ2v) is 2.98. The summed E-state index contributed by atoms with van der Waals surface area (Å²) in [6.07, 6.45) is 0. The molecule has 1 aromatic carbocycles. The van der Waals surface area contributed by atoms with Crippen molar-refractivity contribution in [3.63, 3.8) is 0 Å². The predicted octanol–water partition coefficient (Wildman–Crippen LogP) is 1.87. The molecule has 1 rings (SSSR count). The fourth-order valence-electron chi connectivity index (χ4n) is 1.12. The lowest BCUT2D eigenvalue weighted by Gasteiger charge is -2.08. The zero-order chi connectivity index (χ0) is 12.0. The van der Waals surface area contributed by atoms with Crippen LogP contribution in [0.25, 0.3) is 0 Å². The summed E-state index contributed by atoms with van der Waals surface area (Å²) in [5.74, 6) is -0.242. The number of benzene rings is 1. The molecule has 0 fully saturated rings. The van der Waals surface area contributed by atoms with Gasteiger partial charge < -0.3 is 15.4 Å². The highest BCUT2D eigenvalue weighted by molar-refractivity contribution is 5.92. The Morgan fingerprint density at radius 1 is 1.47 bits per heavy atom. The molecule has 2 N–H and O–H groups in total. The molecule has 4 nitrogen and oxygen atoms in total. The number of hydrogen-bond acceptors (Lipinski definition) is 3. The Morgan fingerprint density at radius 3 is 2.76 bits per heavy atom. The van der Waals surface area contributed by atoms with E-state index in [-0.39, 0.29) is 30.6 Å². The molecule has 96 valence electrons. The molecule has 0 aliphatic rings. The van der Waals surface area contributed by atoms with Crippen molar-refractivity contribution in [2.24, 2.45) is 0 Å². The van der Waals surface area contributed by atoms with Gasteiger partial charge >= 0.3 is 6.61 Å². The SMILES string of the molecule is CNCC(=O)Nc1cccc(OC(F)F)c1.Cl. The van der Waals surface area contributed by atoms with Crippen LogP contribution in [-0.2, 0) is 4.79 Å². The Morgan fingerprint density at radius 2 is 2.18 bits per heavy atom. The number of halogens is 3. The monoisotopic (exact) mass is 266 g/mol. The van der Waals surface area contributed by atoms with Crippen LogP contribution in [0.15, 0.2) is 24.3 Å². The summed E-state index contributed by atoms with van der Waals surface area (Å²) in [5.41, 5.74) is 0.415. The van der Waals surface area contributed by atoms with Crippen LogP contribution < -0.4 is 15.4 Å². The Hall–Kier alpha value is -1.40. The van der Waals surface area contributed by atoms with Crippen molar-refractivity contribution in [3.05, 3.63) is 24.3 Å². The first-order chi connectivity index (χ1) is 7.61. The molecule has 0 bridgehead atoms. The summed E-state index contributed by atoms with van der Waals surface area (Å²) in [6, 6.07) is 5.83. The van der Waals surface area contributed by atoms with Gasteiger partial charge in [-0.2, -0.15) is 8.78 Å². The minimum absolute atomic E-state index is 0. The van der Waals surface area contributed by atoms with E-state index in [0.717, 1.165) is 0 Å². The standard InChI is InChI=1S/C10H12F2N2O2.ClH/c1-13-6-9(15)14-7-3-2-4-8(5-7)16-10(11)12;/h2-5,10,13H,6H2,1H3,(H,14,15);1H.